The zero-order valence-electron chi connectivity index (χ0n) is 11.5. The molecule has 0 aromatic heterocycles. The van der Waals surface area contributed by atoms with Gasteiger partial charge in [0.15, 0.2) is 5.57 Å². The molecular weight excluding hydrogens is 250 g/mol. The number of hydrogen-bond acceptors (Lipinski definition) is 5. The summed E-state index contributed by atoms with van der Waals surface area (Å²) in [5, 5.41) is 29.2. The van der Waals surface area contributed by atoms with Crippen LogP contribution in [0.3, 0.4) is 0 Å². The number of nitriles is 3. The lowest BCUT2D eigenvalue weighted by molar-refractivity contribution is 0.413. The Kier molecular flexibility index (Phi) is 5.78. The SMILES string of the molecule is CN(C)CCc1ccc(NC(C#N)=C(C#N)C#N)cc1. The predicted molar refractivity (Wildman–Crippen MR) is 76.2 cm³/mol. The quantitative estimate of drug-likeness (QED) is 0.823. The Labute approximate surface area is 119 Å². The molecule has 1 aromatic rings. The molecule has 0 amide bonds. The highest BCUT2D eigenvalue weighted by atomic mass is 15.0. The largest absolute Gasteiger partial charge is 0.345 e. The minimum atomic E-state index is -0.218. The van der Waals surface area contributed by atoms with Crippen molar-refractivity contribution in [1.82, 2.24) is 4.90 Å². The van der Waals surface area contributed by atoms with Gasteiger partial charge in [-0.15, -0.1) is 0 Å². The molecule has 100 valence electrons. The van der Waals surface area contributed by atoms with E-state index in [1.165, 1.54) is 5.56 Å². The van der Waals surface area contributed by atoms with Gasteiger partial charge in [-0.05, 0) is 38.2 Å². The average molecular weight is 265 g/mol. The van der Waals surface area contributed by atoms with Gasteiger partial charge in [-0.3, -0.25) is 0 Å². The topological polar surface area (TPSA) is 86.6 Å². The smallest absolute Gasteiger partial charge is 0.163 e. The lowest BCUT2D eigenvalue weighted by atomic mass is 10.1. The second-order valence-electron chi connectivity index (χ2n) is 4.46. The zero-order chi connectivity index (χ0) is 15.0. The molecule has 0 radical (unpaired) electrons. The van der Waals surface area contributed by atoms with Crippen LogP contribution in [0.15, 0.2) is 35.5 Å². The van der Waals surface area contributed by atoms with E-state index < -0.39 is 0 Å². The van der Waals surface area contributed by atoms with Crippen LogP contribution in [-0.2, 0) is 6.42 Å². The fraction of sp³-hybridized carbons (Fsp3) is 0.267. The molecule has 0 bridgehead atoms. The molecule has 0 aliphatic carbocycles. The number of hydrogen-bond donors (Lipinski definition) is 1. The molecule has 0 aliphatic heterocycles. The molecule has 0 atom stereocenters. The third-order valence-corrected chi connectivity index (χ3v) is 2.66. The number of rotatable bonds is 5. The first-order valence-corrected chi connectivity index (χ1v) is 6.06. The molecule has 0 aliphatic rings. The van der Waals surface area contributed by atoms with Gasteiger partial charge in [-0.25, -0.2) is 0 Å². The number of allylic oxidation sites excluding steroid dienone is 2. The maximum absolute atomic E-state index is 8.94. The maximum Gasteiger partial charge on any atom is 0.163 e. The summed E-state index contributed by atoms with van der Waals surface area (Å²) >= 11 is 0. The van der Waals surface area contributed by atoms with E-state index in [4.69, 9.17) is 15.8 Å². The molecule has 0 spiro atoms. The van der Waals surface area contributed by atoms with E-state index in [-0.39, 0.29) is 11.3 Å². The van der Waals surface area contributed by atoms with Gasteiger partial charge in [-0.2, -0.15) is 15.8 Å². The molecule has 0 heterocycles. The fourth-order valence-corrected chi connectivity index (χ4v) is 1.53. The molecule has 0 saturated heterocycles. The first-order chi connectivity index (χ1) is 9.60. The molecule has 0 fully saturated rings. The van der Waals surface area contributed by atoms with Crippen LogP contribution in [0.4, 0.5) is 5.69 Å². The van der Waals surface area contributed by atoms with Crippen LogP contribution in [-0.4, -0.2) is 25.5 Å². The van der Waals surface area contributed by atoms with Crippen molar-refractivity contribution < 1.29 is 0 Å². The van der Waals surface area contributed by atoms with E-state index in [0.717, 1.165) is 13.0 Å². The minimum Gasteiger partial charge on any atom is -0.345 e. The Morgan fingerprint density at radius 1 is 1.05 bits per heavy atom. The van der Waals surface area contributed by atoms with Crippen LogP contribution in [0.2, 0.25) is 0 Å². The first kappa shape index (κ1) is 15.2. The van der Waals surface area contributed by atoms with Crippen LogP contribution in [0, 0.1) is 34.0 Å². The van der Waals surface area contributed by atoms with Crippen LogP contribution in [0.25, 0.3) is 0 Å². The summed E-state index contributed by atoms with van der Waals surface area (Å²) in [6.07, 6.45) is 0.940. The maximum atomic E-state index is 8.94. The summed E-state index contributed by atoms with van der Waals surface area (Å²) in [7, 11) is 4.04. The highest BCUT2D eigenvalue weighted by Crippen LogP contribution is 2.14. The molecule has 1 N–H and O–H groups in total. The highest BCUT2D eigenvalue weighted by Gasteiger charge is 2.05. The van der Waals surface area contributed by atoms with Gasteiger partial charge < -0.3 is 10.2 Å². The van der Waals surface area contributed by atoms with E-state index in [2.05, 4.69) is 10.2 Å². The Bertz CT molecular complexity index is 590. The molecule has 0 unspecified atom stereocenters. The lowest BCUT2D eigenvalue weighted by Crippen LogP contribution is -2.14. The van der Waals surface area contributed by atoms with Crippen LogP contribution in [0.1, 0.15) is 5.56 Å². The van der Waals surface area contributed by atoms with Crippen molar-refractivity contribution in [3.63, 3.8) is 0 Å². The van der Waals surface area contributed by atoms with Gasteiger partial charge in [0.25, 0.3) is 0 Å². The molecule has 5 heteroatoms. The van der Waals surface area contributed by atoms with E-state index in [1.54, 1.807) is 12.1 Å². The van der Waals surface area contributed by atoms with Crippen molar-refractivity contribution in [2.24, 2.45) is 0 Å². The van der Waals surface area contributed by atoms with E-state index in [1.807, 2.05) is 44.4 Å². The van der Waals surface area contributed by atoms with Crippen LogP contribution in [0.5, 0.6) is 0 Å². The Hall–Kier alpha value is -2.81. The summed E-state index contributed by atoms with van der Waals surface area (Å²) in [6, 6.07) is 12.8. The average Bonchev–Trinajstić information content (AvgIpc) is 2.46. The normalized spacial score (nSPS) is 9.20. The molecule has 1 rings (SSSR count). The molecular formula is C15H15N5. The summed E-state index contributed by atoms with van der Waals surface area (Å²) < 4.78 is 0. The number of nitrogens with zero attached hydrogens (tertiary/aromatic N) is 4. The Balaban J connectivity index is 2.81. The fourth-order valence-electron chi connectivity index (χ4n) is 1.53. The van der Waals surface area contributed by atoms with Crippen molar-refractivity contribution in [2.45, 2.75) is 6.42 Å². The van der Waals surface area contributed by atoms with Crippen molar-refractivity contribution in [3.8, 4) is 18.2 Å². The number of nitrogens with one attached hydrogen (secondary N) is 1. The second-order valence-corrected chi connectivity index (χ2v) is 4.46. The van der Waals surface area contributed by atoms with Gasteiger partial charge in [0, 0.05) is 12.2 Å². The first-order valence-electron chi connectivity index (χ1n) is 6.06. The lowest BCUT2D eigenvalue weighted by Gasteiger charge is -2.10. The van der Waals surface area contributed by atoms with Crippen LogP contribution >= 0.6 is 0 Å². The molecule has 1 aromatic carbocycles. The summed E-state index contributed by atoms with van der Waals surface area (Å²) in [5.74, 6) is 0. The summed E-state index contributed by atoms with van der Waals surface area (Å²) in [4.78, 5) is 2.11. The Morgan fingerprint density at radius 3 is 2.10 bits per heavy atom. The van der Waals surface area contributed by atoms with Gasteiger partial charge >= 0.3 is 0 Å². The summed E-state index contributed by atoms with van der Waals surface area (Å²) in [6.45, 7) is 0.961. The number of likely N-dealkylation sites (N-methyl/N-ethyl adjacent to an activating group) is 1. The standard InChI is InChI=1S/C15H15N5/c1-20(2)8-7-12-3-5-14(6-4-12)19-15(11-18)13(9-16)10-17/h3-6,19H,7-8H2,1-2H3. The van der Waals surface area contributed by atoms with E-state index in [9.17, 15) is 0 Å². The van der Waals surface area contributed by atoms with E-state index >= 15 is 0 Å². The Morgan fingerprint density at radius 2 is 1.65 bits per heavy atom. The summed E-state index contributed by atoms with van der Waals surface area (Å²) in [5.41, 5.74) is 1.62. The molecule has 0 saturated carbocycles. The van der Waals surface area contributed by atoms with Gasteiger partial charge in [0.1, 0.15) is 23.9 Å². The molecule has 5 nitrogen and oxygen atoms in total. The van der Waals surface area contributed by atoms with Gasteiger partial charge in [0.05, 0.1) is 0 Å². The second kappa shape index (κ2) is 7.59. The monoisotopic (exact) mass is 265 g/mol. The van der Waals surface area contributed by atoms with Gasteiger partial charge in [0.2, 0.25) is 0 Å². The third-order valence-electron chi connectivity index (χ3n) is 2.66. The van der Waals surface area contributed by atoms with Crippen molar-refractivity contribution in [2.75, 3.05) is 26.0 Å². The number of benzene rings is 1. The third kappa shape index (κ3) is 4.46. The van der Waals surface area contributed by atoms with Crippen molar-refractivity contribution in [3.05, 3.63) is 41.1 Å². The predicted octanol–water partition coefficient (Wildman–Crippen LogP) is 2.03. The molecule has 20 heavy (non-hydrogen) atoms. The van der Waals surface area contributed by atoms with Crippen molar-refractivity contribution >= 4 is 5.69 Å². The zero-order valence-corrected chi connectivity index (χ0v) is 11.5. The number of anilines is 1. The van der Waals surface area contributed by atoms with Gasteiger partial charge in [-0.1, -0.05) is 12.1 Å². The van der Waals surface area contributed by atoms with Crippen LogP contribution < -0.4 is 5.32 Å². The van der Waals surface area contributed by atoms with Crippen molar-refractivity contribution in [1.29, 1.82) is 15.8 Å². The highest BCUT2D eigenvalue weighted by molar-refractivity contribution is 5.58. The van der Waals surface area contributed by atoms with E-state index in [0.29, 0.717) is 5.69 Å². The minimum absolute atomic E-state index is 0.0314.